The molecule has 17 heavy (non-hydrogen) atoms. The minimum absolute atomic E-state index is 0.492. The topological polar surface area (TPSA) is 20.2 Å². The van der Waals surface area contributed by atoms with Gasteiger partial charge in [0.15, 0.2) is 0 Å². The second-order valence-electron chi connectivity index (χ2n) is 3.90. The van der Waals surface area contributed by atoms with Crippen LogP contribution in [-0.4, -0.2) is 5.11 Å². The Morgan fingerprint density at radius 2 is 1.82 bits per heavy atom. The maximum absolute atomic E-state index is 10.1. The van der Waals surface area contributed by atoms with Gasteiger partial charge < -0.3 is 5.11 Å². The molecule has 1 N–H and O–H groups in total. The fourth-order valence-electron chi connectivity index (χ4n) is 1.68. The average molecular weight is 312 g/mol. The lowest BCUT2D eigenvalue weighted by Crippen LogP contribution is -2.01. The van der Waals surface area contributed by atoms with E-state index in [-0.39, 0.29) is 0 Å². The van der Waals surface area contributed by atoms with Crippen LogP contribution >= 0.6 is 27.5 Å². The van der Waals surface area contributed by atoms with Crippen LogP contribution in [0.2, 0.25) is 5.02 Å². The van der Waals surface area contributed by atoms with E-state index in [1.54, 1.807) is 0 Å². The highest BCUT2D eigenvalue weighted by atomic mass is 79.9. The van der Waals surface area contributed by atoms with Gasteiger partial charge in [-0.2, -0.15) is 0 Å². The molecule has 1 atom stereocenters. The fraction of sp³-hybridized carbons (Fsp3) is 0.143. The highest BCUT2D eigenvalue weighted by molar-refractivity contribution is 9.10. The third-order valence-corrected chi connectivity index (χ3v) is 3.32. The van der Waals surface area contributed by atoms with E-state index in [4.69, 9.17) is 11.6 Å². The number of hydrogen-bond acceptors (Lipinski definition) is 1. The molecule has 0 amide bonds. The molecular weight excluding hydrogens is 300 g/mol. The largest absolute Gasteiger partial charge is 0.388 e. The zero-order valence-corrected chi connectivity index (χ0v) is 11.4. The van der Waals surface area contributed by atoms with Crippen molar-refractivity contribution in [2.75, 3.05) is 0 Å². The van der Waals surface area contributed by atoms with Gasteiger partial charge in [0.1, 0.15) is 0 Å². The van der Waals surface area contributed by atoms with Gasteiger partial charge in [-0.25, -0.2) is 0 Å². The number of aliphatic hydroxyl groups is 1. The third kappa shape index (κ3) is 3.56. The molecule has 2 aromatic carbocycles. The Hall–Kier alpha value is -0.830. The zero-order valence-electron chi connectivity index (χ0n) is 9.11. The van der Waals surface area contributed by atoms with Crippen molar-refractivity contribution in [2.45, 2.75) is 12.5 Å². The van der Waals surface area contributed by atoms with Crippen molar-refractivity contribution in [2.24, 2.45) is 0 Å². The summed E-state index contributed by atoms with van der Waals surface area (Å²) in [6.45, 7) is 0. The summed E-state index contributed by atoms with van der Waals surface area (Å²) in [5.41, 5.74) is 1.98. The van der Waals surface area contributed by atoms with Gasteiger partial charge in [-0.1, -0.05) is 51.8 Å². The summed E-state index contributed by atoms with van der Waals surface area (Å²) in [6.07, 6.45) is 0.0989. The molecule has 0 aromatic heterocycles. The maximum atomic E-state index is 10.1. The van der Waals surface area contributed by atoms with Crippen LogP contribution in [0.15, 0.2) is 53.0 Å². The molecule has 0 heterocycles. The van der Waals surface area contributed by atoms with E-state index in [9.17, 15) is 5.11 Å². The van der Waals surface area contributed by atoms with Crippen molar-refractivity contribution in [3.05, 3.63) is 69.2 Å². The van der Waals surface area contributed by atoms with Crippen LogP contribution in [0.25, 0.3) is 0 Å². The average Bonchev–Trinajstić information content (AvgIpc) is 2.32. The van der Waals surface area contributed by atoms with Gasteiger partial charge in [0.2, 0.25) is 0 Å². The number of rotatable bonds is 3. The van der Waals surface area contributed by atoms with E-state index in [0.29, 0.717) is 11.4 Å². The Morgan fingerprint density at radius 1 is 1.12 bits per heavy atom. The molecule has 0 bridgehead atoms. The van der Waals surface area contributed by atoms with Crippen molar-refractivity contribution in [3.8, 4) is 0 Å². The standard InChI is InChI=1S/C14H12BrClO/c15-12-3-1-2-11(9-12)14(17)8-10-4-6-13(16)7-5-10/h1-7,9,14,17H,8H2. The lowest BCUT2D eigenvalue weighted by atomic mass is 10.0. The fourth-order valence-corrected chi connectivity index (χ4v) is 2.22. The highest BCUT2D eigenvalue weighted by Gasteiger charge is 2.08. The molecule has 1 nitrogen and oxygen atoms in total. The van der Waals surface area contributed by atoms with Crippen molar-refractivity contribution >= 4 is 27.5 Å². The molecule has 0 aliphatic carbocycles. The minimum Gasteiger partial charge on any atom is -0.388 e. The number of halogens is 2. The van der Waals surface area contributed by atoms with Crippen LogP contribution in [0.5, 0.6) is 0 Å². The summed E-state index contributed by atoms with van der Waals surface area (Å²) in [4.78, 5) is 0. The summed E-state index contributed by atoms with van der Waals surface area (Å²) < 4.78 is 0.977. The van der Waals surface area contributed by atoms with E-state index >= 15 is 0 Å². The molecular formula is C14H12BrClO. The first-order valence-corrected chi connectivity index (χ1v) is 6.50. The molecule has 0 fully saturated rings. The SMILES string of the molecule is OC(Cc1ccc(Cl)cc1)c1cccc(Br)c1. The monoisotopic (exact) mass is 310 g/mol. The predicted molar refractivity (Wildman–Crippen MR) is 74.3 cm³/mol. The van der Waals surface area contributed by atoms with Crippen LogP contribution in [0.3, 0.4) is 0 Å². The Bertz CT molecular complexity index is 496. The molecule has 2 rings (SSSR count). The van der Waals surface area contributed by atoms with E-state index in [2.05, 4.69) is 15.9 Å². The highest BCUT2D eigenvalue weighted by Crippen LogP contribution is 2.22. The van der Waals surface area contributed by atoms with Crippen LogP contribution in [0, 0.1) is 0 Å². The molecule has 88 valence electrons. The molecule has 0 saturated heterocycles. The van der Waals surface area contributed by atoms with Crippen molar-refractivity contribution in [1.82, 2.24) is 0 Å². The van der Waals surface area contributed by atoms with Crippen molar-refractivity contribution in [3.63, 3.8) is 0 Å². The smallest absolute Gasteiger partial charge is 0.0830 e. The van der Waals surface area contributed by atoms with Gasteiger partial charge in [-0.05, 0) is 35.4 Å². The van der Waals surface area contributed by atoms with E-state index in [0.717, 1.165) is 15.6 Å². The van der Waals surface area contributed by atoms with Crippen LogP contribution in [0.1, 0.15) is 17.2 Å². The van der Waals surface area contributed by atoms with Crippen molar-refractivity contribution in [1.29, 1.82) is 0 Å². The molecule has 0 aliphatic rings. The second kappa shape index (κ2) is 5.67. The number of aliphatic hydroxyl groups excluding tert-OH is 1. The predicted octanol–water partition coefficient (Wildman–Crippen LogP) is 4.38. The van der Waals surface area contributed by atoms with Gasteiger partial charge in [0, 0.05) is 15.9 Å². The van der Waals surface area contributed by atoms with Crippen LogP contribution < -0.4 is 0 Å². The molecule has 0 spiro atoms. The molecule has 2 aromatic rings. The van der Waals surface area contributed by atoms with Gasteiger partial charge in [-0.15, -0.1) is 0 Å². The Labute approximate surface area is 114 Å². The van der Waals surface area contributed by atoms with Gasteiger partial charge >= 0.3 is 0 Å². The molecule has 0 radical (unpaired) electrons. The van der Waals surface area contributed by atoms with Crippen LogP contribution in [-0.2, 0) is 6.42 Å². The maximum Gasteiger partial charge on any atom is 0.0830 e. The normalized spacial score (nSPS) is 12.4. The summed E-state index contributed by atoms with van der Waals surface area (Å²) in [5, 5.41) is 10.8. The van der Waals surface area contributed by atoms with E-state index in [1.165, 1.54) is 0 Å². The van der Waals surface area contributed by atoms with Crippen molar-refractivity contribution < 1.29 is 5.11 Å². The summed E-state index contributed by atoms with van der Waals surface area (Å²) in [5.74, 6) is 0. The third-order valence-electron chi connectivity index (χ3n) is 2.58. The second-order valence-corrected chi connectivity index (χ2v) is 5.25. The first-order chi connectivity index (χ1) is 8.15. The van der Waals surface area contributed by atoms with Gasteiger partial charge in [-0.3, -0.25) is 0 Å². The quantitative estimate of drug-likeness (QED) is 0.892. The first-order valence-electron chi connectivity index (χ1n) is 5.33. The lowest BCUT2D eigenvalue weighted by molar-refractivity contribution is 0.178. The Balaban J connectivity index is 2.11. The number of hydrogen-bond donors (Lipinski definition) is 1. The first kappa shape index (κ1) is 12.6. The lowest BCUT2D eigenvalue weighted by Gasteiger charge is -2.11. The summed E-state index contributed by atoms with van der Waals surface area (Å²) in [7, 11) is 0. The summed E-state index contributed by atoms with van der Waals surface area (Å²) >= 11 is 9.21. The molecule has 0 aliphatic heterocycles. The molecule has 3 heteroatoms. The number of benzene rings is 2. The summed E-state index contributed by atoms with van der Waals surface area (Å²) in [6, 6.07) is 15.3. The van der Waals surface area contributed by atoms with E-state index < -0.39 is 6.10 Å². The Morgan fingerprint density at radius 3 is 2.47 bits per heavy atom. The van der Waals surface area contributed by atoms with E-state index in [1.807, 2.05) is 48.5 Å². The van der Waals surface area contributed by atoms with Crippen LogP contribution in [0.4, 0.5) is 0 Å². The molecule has 1 unspecified atom stereocenters. The Kier molecular flexibility index (Phi) is 4.21. The molecule has 0 saturated carbocycles. The minimum atomic E-state index is -0.492. The van der Waals surface area contributed by atoms with Gasteiger partial charge in [0.05, 0.1) is 6.10 Å². The van der Waals surface area contributed by atoms with Gasteiger partial charge in [0.25, 0.3) is 0 Å². The zero-order chi connectivity index (χ0) is 12.3.